The van der Waals surface area contributed by atoms with Gasteiger partial charge in [0.05, 0.1) is 0 Å². The van der Waals surface area contributed by atoms with E-state index in [1.165, 1.54) is 5.56 Å². The van der Waals surface area contributed by atoms with Gasteiger partial charge in [0.25, 0.3) is 0 Å². The molecule has 3 rings (SSSR count). The van der Waals surface area contributed by atoms with Crippen LogP contribution in [0.1, 0.15) is 30.9 Å². The molecule has 1 saturated heterocycles. The lowest BCUT2D eigenvalue weighted by Crippen LogP contribution is -2.46. The standard InChI is InChI=1S/C23H34N6.HI/c1-4-28-12-14-29(15-13-28)22-11-10-20(17-25-22)18-27-23(24-3)26-16-19(2)21-8-6-5-7-9-21;/h5-11,17,19H,4,12-16,18H2,1-3H3,(H2,24,26,27);1H. The molecule has 7 heteroatoms. The van der Waals surface area contributed by atoms with Crippen molar-refractivity contribution in [2.24, 2.45) is 4.99 Å². The molecule has 0 radical (unpaired) electrons. The first-order valence-corrected chi connectivity index (χ1v) is 10.6. The van der Waals surface area contributed by atoms with E-state index in [0.717, 1.165) is 56.6 Å². The van der Waals surface area contributed by atoms with Gasteiger partial charge in [-0.05, 0) is 29.7 Å². The smallest absolute Gasteiger partial charge is 0.191 e. The van der Waals surface area contributed by atoms with Crippen LogP contribution >= 0.6 is 24.0 Å². The second-order valence-corrected chi connectivity index (χ2v) is 7.56. The molecule has 1 aliphatic rings. The molecule has 2 N–H and O–H groups in total. The number of pyridine rings is 1. The van der Waals surface area contributed by atoms with Gasteiger partial charge in [0.2, 0.25) is 0 Å². The first kappa shape index (κ1) is 24.4. The number of guanidine groups is 1. The molecular weight excluding hydrogens is 487 g/mol. The van der Waals surface area contributed by atoms with Crippen LogP contribution in [0.5, 0.6) is 0 Å². The number of nitrogens with zero attached hydrogens (tertiary/aromatic N) is 4. The molecule has 1 atom stereocenters. The Bertz CT molecular complexity index is 757. The van der Waals surface area contributed by atoms with Gasteiger partial charge >= 0.3 is 0 Å². The highest BCUT2D eigenvalue weighted by Crippen LogP contribution is 2.14. The average molecular weight is 522 g/mol. The molecule has 30 heavy (non-hydrogen) atoms. The molecule has 1 aromatic heterocycles. The number of aliphatic imine (C=N–C) groups is 1. The summed E-state index contributed by atoms with van der Waals surface area (Å²) in [5.74, 6) is 2.31. The number of likely N-dealkylation sites (N-methyl/N-ethyl adjacent to an activating group) is 1. The summed E-state index contributed by atoms with van der Waals surface area (Å²) in [6.07, 6.45) is 1.97. The van der Waals surface area contributed by atoms with E-state index in [0.29, 0.717) is 12.5 Å². The second kappa shape index (κ2) is 12.7. The number of aromatic nitrogens is 1. The van der Waals surface area contributed by atoms with Gasteiger partial charge in [-0.15, -0.1) is 24.0 Å². The van der Waals surface area contributed by atoms with Gasteiger partial charge in [-0.1, -0.05) is 50.2 Å². The summed E-state index contributed by atoms with van der Waals surface area (Å²) in [4.78, 5) is 13.9. The zero-order valence-corrected chi connectivity index (χ0v) is 20.7. The Hall–Kier alpha value is -1.87. The van der Waals surface area contributed by atoms with Crippen molar-refractivity contribution in [3.05, 3.63) is 59.8 Å². The highest BCUT2D eigenvalue weighted by molar-refractivity contribution is 14.0. The van der Waals surface area contributed by atoms with Crippen LogP contribution in [0.2, 0.25) is 0 Å². The van der Waals surface area contributed by atoms with Crippen molar-refractivity contribution in [2.75, 3.05) is 51.2 Å². The minimum absolute atomic E-state index is 0. The minimum Gasteiger partial charge on any atom is -0.356 e. The normalized spacial score (nSPS) is 16.0. The predicted octanol–water partition coefficient (Wildman–Crippen LogP) is 3.31. The summed E-state index contributed by atoms with van der Waals surface area (Å²) >= 11 is 0. The summed E-state index contributed by atoms with van der Waals surface area (Å²) in [6.45, 7) is 11.4. The average Bonchev–Trinajstić information content (AvgIpc) is 2.80. The third-order valence-electron chi connectivity index (χ3n) is 5.58. The summed E-state index contributed by atoms with van der Waals surface area (Å²) in [6, 6.07) is 14.8. The first-order valence-electron chi connectivity index (χ1n) is 10.6. The Labute approximate surface area is 198 Å². The molecule has 0 aliphatic carbocycles. The predicted molar refractivity (Wildman–Crippen MR) is 137 cm³/mol. The van der Waals surface area contributed by atoms with Crippen LogP contribution in [0.15, 0.2) is 53.7 Å². The third kappa shape index (κ3) is 7.12. The van der Waals surface area contributed by atoms with Crippen LogP contribution in [0.3, 0.4) is 0 Å². The van der Waals surface area contributed by atoms with Gasteiger partial charge in [0.15, 0.2) is 5.96 Å². The Morgan fingerprint density at radius 1 is 1.07 bits per heavy atom. The number of nitrogens with one attached hydrogen (secondary N) is 2. The lowest BCUT2D eigenvalue weighted by Gasteiger charge is -2.34. The van der Waals surface area contributed by atoms with E-state index in [2.05, 4.69) is 86.7 Å². The summed E-state index contributed by atoms with van der Waals surface area (Å²) in [7, 11) is 1.81. The fraction of sp³-hybridized carbons (Fsp3) is 0.478. The highest BCUT2D eigenvalue weighted by Gasteiger charge is 2.16. The van der Waals surface area contributed by atoms with E-state index in [1.807, 2.05) is 6.20 Å². The Morgan fingerprint density at radius 2 is 1.80 bits per heavy atom. The molecule has 1 unspecified atom stereocenters. The van der Waals surface area contributed by atoms with Gasteiger partial charge < -0.3 is 20.4 Å². The molecule has 1 aliphatic heterocycles. The van der Waals surface area contributed by atoms with Crippen LogP contribution in [0.4, 0.5) is 5.82 Å². The number of benzene rings is 1. The van der Waals surface area contributed by atoms with Gasteiger partial charge in [-0.25, -0.2) is 4.98 Å². The van der Waals surface area contributed by atoms with Gasteiger partial charge in [0, 0.05) is 52.5 Å². The van der Waals surface area contributed by atoms with Crippen molar-refractivity contribution in [3.63, 3.8) is 0 Å². The topological polar surface area (TPSA) is 55.8 Å². The van der Waals surface area contributed by atoms with Crippen LogP contribution in [0, 0.1) is 0 Å². The number of hydrogen-bond donors (Lipinski definition) is 2. The fourth-order valence-electron chi connectivity index (χ4n) is 3.56. The molecule has 1 aromatic carbocycles. The largest absolute Gasteiger partial charge is 0.356 e. The number of anilines is 1. The highest BCUT2D eigenvalue weighted by atomic mass is 127. The van der Waals surface area contributed by atoms with Crippen molar-refractivity contribution >= 4 is 35.8 Å². The van der Waals surface area contributed by atoms with E-state index in [4.69, 9.17) is 0 Å². The Balaban J connectivity index is 0.00000320. The summed E-state index contributed by atoms with van der Waals surface area (Å²) < 4.78 is 0. The van der Waals surface area contributed by atoms with Crippen LogP contribution in [-0.4, -0.2) is 62.2 Å². The number of piperazine rings is 1. The van der Waals surface area contributed by atoms with Crippen LogP contribution < -0.4 is 15.5 Å². The van der Waals surface area contributed by atoms with E-state index >= 15 is 0 Å². The van der Waals surface area contributed by atoms with Crippen LogP contribution in [-0.2, 0) is 6.54 Å². The quantitative estimate of drug-likeness (QED) is 0.332. The van der Waals surface area contributed by atoms with Gasteiger partial charge in [-0.3, -0.25) is 4.99 Å². The number of hydrogen-bond acceptors (Lipinski definition) is 4. The SMILES string of the molecule is CCN1CCN(c2ccc(CNC(=NC)NCC(C)c3ccccc3)cn2)CC1.I. The minimum atomic E-state index is 0. The summed E-state index contributed by atoms with van der Waals surface area (Å²) in [5.41, 5.74) is 2.48. The van der Waals surface area contributed by atoms with Crippen molar-refractivity contribution in [2.45, 2.75) is 26.3 Å². The number of rotatable bonds is 7. The molecule has 0 bridgehead atoms. The maximum atomic E-state index is 4.68. The molecule has 0 saturated carbocycles. The maximum Gasteiger partial charge on any atom is 0.191 e. The van der Waals surface area contributed by atoms with E-state index in [9.17, 15) is 0 Å². The molecule has 0 spiro atoms. The lowest BCUT2D eigenvalue weighted by atomic mass is 10.0. The van der Waals surface area contributed by atoms with Gasteiger partial charge in [0.1, 0.15) is 5.82 Å². The van der Waals surface area contributed by atoms with Crippen LogP contribution in [0.25, 0.3) is 0 Å². The fourth-order valence-corrected chi connectivity index (χ4v) is 3.56. The third-order valence-corrected chi connectivity index (χ3v) is 5.58. The van der Waals surface area contributed by atoms with Crippen molar-refractivity contribution < 1.29 is 0 Å². The molecule has 1 fully saturated rings. The lowest BCUT2D eigenvalue weighted by molar-refractivity contribution is 0.270. The molecule has 6 nitrogen and oxygen atoms in total. The monoisotopic (exact) mass is 522 g/mol. The van der Waals surface area contributed by atoms with E-state index in [-0.39, 0.29) is 24.0 Å². The zero-order chi connectivity index (χ0) is 20.5. The zero-order valence-electron chi connectivity index (χ0n) is 18.3. The molecular formula is C23H35IN6. The Morgan fingerprint density at radius 3 is 2.40 bits per heavy atom. The van der Waals surface area contributed by atoms with E-state index < -0.39 is 0 Å². The maximum absolute atomic E-state index is 4.68. The first-order chi connectivity index (χ1) is 14.2. The Kier molecular flexibility index (Phi) is 10.4. The van der Waals surface area contributed by atoms with Crippen molar-refractivity contribution in [3.8, 4) is 0 Å². The summed E-state index contributed by atoms with van der Waals surface area (Å²) in [5, 5.41) is 6.80. The molecule has 2 aromatic rings. The molecule has 0 amide bonds. The molecule has 2 heterocycles. The second-order valence-electron chi connectivity index (χ2n) is 7.56. The van der Waals surface area contributed by atoms with Crippen molar-refractivity contribution in [1.29, 1.82) is 0 Å². The van der Waals surface area contributed by atoms with Gasteiger partial charge in [-0.2, -0.15) is 0 Å². The van der Waals surface area contributed by atoms with Crippen molar-refractivity contribution in [1.82, 2.24) is 20.5 Å². The molecule has 164 valence electrons. The number of halogens is 1. The van der Waals surface area contributed by atoms with E-state index in [1.54, 1.807) is 7.05 Å².